The number of halogens is 4. The maximum atomic E-state index is 13.9. The van der Waals surface area contributed by atoms with Gasteiger partial charge in [-0.25, -0.2) is 17.6 Å². The number of likely N-dealkylation sites (tertiary alicyclic amines) is 1. The van der Waals surface area contributed by atoms with Gasteiger partial charge in [-0.3, -0.25) is 9.78 Å². The zero-order chi connectivity index (χ0) is 28.2. The third-order valence-corrected chi connectivity index (χ3v) is 8.46. The fraction of sp³-hybridized carbons (Fsp3) is 0.429. The van der Waals surface area contributed by atoms with Gasteiger partial charge in [0.2, 0.25) is 0 Å². The number of ether oxygens (including phenoxy) is 1. The summed E-state index contributed by atoms with van der Waals surface area (Å²) in [5.41, 5.74) is 0.146. The van der Waals surface area contributed by atoms with Crippen LogP contribution in [0.2, 0.25) is 0 Å². The van der Waals surface area contributed by atoms with Gasteiger partial charge >= 0.3 is 5.97 Å². The number of rotatable bonds is 11. The lowest BCUT2D eigenvalue weighted by Crippen LogP contribution is -2.45. The van der Waals surface area contributed by atoms with Gasteiger partial charge in [-0.05, 0) is 68.6 Å². The number of aliphatic carboxylic acids is 1. The molecule has 1 aliphatic rings. The Labute approximate surface area is 228 Å². The third kappa shape index (κ3) is 6.47. The summed E-state index contributed by atoms with van der Waals surface area (Å²) < 4.78 is 59.8. The van der Waals surface area contributed by atoms with E-state index in [1.54, 1.807) is 18.2 Å². The average Bonchev–Trinajstić information content (AvgIpc) is 2.93. The maximum absolute atomic E-state index is 13.9. The number of piperidine rings is 1. The van der Waals surface area contributed by atoms with Crippen molar-refractivity contribution in [2.75, 3.05) is 32.5 Å². The Morgan fingerprint density at radius 1 is 1.21 bits per heavy atom. The van der Waals surface area contributed by atoms with E-state index in [4.69, 9.17) is 4.74 Å². The highest BCUT2D eigenvalue weighted by Gasteiger charge is 2.41. The SMILES string of the molecule is COc1ccc2ncc(CF)c(C(O)CCC3(C(=O)O)CCN(CCSc4cc(F)cc(F)c4F)CC3)c2c1. The molecule has 2 N–H and O–H groups in total. The number of methoxy groups -OCH3 is 1. The number of hydrogen-bond acceptors (Lipinski definition) is 6. The molecule has 210 valence electrons. The fourth-order valence-corrected chi connectivity index (χ4v) is 6.10. The first-order valence-corrected chi connectivity index (χ1v) is 13.6. The number of carboxylic acid groups (broad SMARTS) is 1. The first kappa shape index (κ1) is 29.1. The standard InChI is InChI=1S/C28H30F4N2O4S/c1-38-19-2-3-22-20(14-19)25(17(15-29)16-33-22)23(35)4-5-28(27(36)37)6-8-34(9-7-28)10-11-39-24-13-18(30)12-21(31)26(24)32/h2-3,12-14,16,23,35H,4-11,15H2,1H3,(H,36,37). The number of benzene rings is 2. The van der Waals surface area contributed by atoms with E-state index in [1.807, 2.05) is 4.90 Å². The zero-order valence-corrected chi connectivity index (χ0v) is 22.2. The molecule has 0 radical (unpaired) electrons. The summed E-state index contributed by atoms with van der Waals surface area (Å²) in [4.78, 5) is 18.5. The molecule has 0 aliphatic carbocycles. The van der Waals surface area contributed by atoms with Gasteiger partial charge < -0.3 is 19.8 Å². The molecule has 39 heavy (non-hydrogen) atoms. The normalized spacial score (nSPS) is 16.4. The van der Waals surface area contributed by atoms with Crippen LogP contribution in [0, 0.1) is 22.9 Å². The minimum atomic E-state index is -1.23. The largest absolute Gasteiger partial charge is 0.497 e. The smallest absolute Gasteiger partial charge is 0.309 e. The van der Waals surface area contributed by atoms with Crippen LogP contribution in [0.5, 0.6) is 5.75 Å². The van der Waals surface area contributed by atoms with Crippen LogP contribution in [0.3, 0.4) is 0 Å². The molecule has 3 aromatic rings. The number of nitrogens with zero attached hydrogens (tertiary/aromatic N) is 2. The van der Waals surface area contributed by atoms with Crippen LogP contribution in [0.25, 0.3) is 10.9 Å². The molecule has 0 bridgehead atoms. The molecule has 0 amide bonds. The van der Waals surface area contributed by atoms with Crippen LogP contribution >= 0.6 is 11.8 Å². The number of thioether (sulfide) groups is 1. The van der Waals surface area contributed by atoms with Gasteiger partial charge in [0.05, 0.1) is 24.1 Å². The number of carbonyl (C=O) groups is 1. The lowest BCUT2D eigenvalue weighted by atomic mass is 9.74. The van der Waals surface area contributed by atoms with Gasteiger partial charge in [-0.2, -0.15) is 0 Å². The summed E-state index contributed by atoms with van der Waals surface area (Å²) in [6, 6.07) is 6.58. The Morgan fingerprint density at radius 2 is 1.95 bits per heavy atom. The van der Waals surface area contributed by atoms with Crippen molar-refractivity contribution in [3.8, 4) is 5.75 Å². The van der Waals surface area contributed by atoms with Crippen LogP contribution in [-0.4, -0.2) is 58.6 Å². The van der Waals surface area contributed by atoms with Crippen molar-refractivity contribution in [2.24, 2.45) is 5.41 Å². The molecule has 0 saturated carbocycles. The van der Waals surface area contributed by atoms with Crippen molar-refractivity contribution < 1.29 is 37.3 Å². The maximum Gasteiger partial charge on any atom is 0.309 e. The Kier molecular flexibility index (Phi) is 9.35. The fourth-order valence-electron chi connectivity index (χ4n) is 5.12. The quantitative estimate of drug-likeness (QED) is 0.170. The minimum absolute atomic E-state index is 0.104. The summed E-state index contributed by atoms with van der Waals surface area (Å²) >= 11 is 1.00. The molecular weight excluding hydrogens is 536 g/mol. The van der Waals surface area contributed by atoms with Gasteiger partial charge in [-0.15, -0.1) is 11.8 Å². The molecule has 1 unspecified atom stereocenters. The molecule has 1 aliphatic heterocycles. The third-order valence-electron chi connectivity index (χ3n) is 7.46. The highest BCUT2D eigenvalue weighted by Crippen LogP contribution is 2.40. The lowest BCUT2D eigenvalue weighted by molar-refractivity contribution is -0.153. The minimum Gasteiger partial charge on any atom is -0.497 e. The number of aliphatic hydroxyl groups excluding tert-OH is 1. The van der Waals surface area contributed by atoms with Crippen molar-refractivity contribution >= 4 is 28.6 Å². The van der Waals surface area contributed by atoms with Crippen LogP contribution in [0.1, 0.15) is 42.9 Å². The molecule has 0 spiro atoms. The summed E-state index contributed by atoms with van der Waals surface area (Å²) in [6.45, 7) is 0.600. The zero-order valence-electron chi connectivity index (χ0n) is 21.4. The Morgan fingerprint density at radius 3 is 2.62 bits per heavy atom. The topological polar surface area (TPSA) is 82.9 Å². The predicted octanol–water partition coefficient (Wildman–Crippen LogP) is 5.90. The van der Waals surface area contributed by atoms with E-state index in [2.05, 4.69) is 4.98 Å². The number of alkyl halides is 1. The van der Waals surface area contributed by atoms with Crippen molar-refractivity contribution in [1.82, 2.24) is 9.88 Å². The number of pyridine rings is 1. The second-order valence-electron chi connectivity index (χ2n) is 9.74. The summed E-state index contributed by atoms with van der Waals surface area (Å²) in [5.74, 6) is -3.20. The molecule has 1 atom stereocenters. The van der Waals surface area contributed by atoms with E-state index in [9.17, 15) is 32.6 Å². The molecule has 1 aromatic heterocycles. The molecule has 1 fully saturated rings. The number of hydrogen-bond donors (Lipinski definition) is 2. The van der Waals surface area contributed by atoms with Gasteiger partial charge in [0.15, 0.2) is 11.6 Å². The van der Waals surface area contributed by atoms with Crippen molar-refractivity contribution in [3.05, 3.63) is 65.1 Å². The van der Waals surface area contributed by atoms with E-state index in [-0.39, 0.29) is 23.3 Å². The van der Waals surface area contributed by atoms with Crippen LogP contribution in [-0.2, 0) is 11.5 Å². The molecule has 11 heteroatoms. The van der Waals surface area contributed by atoms with Crippen LogP contribution in [0.4, 0.5) is 17.6 Å². The number of aliphatic hydroxyl groups is 1. The lowest BCUT2D eigenvalue weighted by Gasteiger charge is -2.39. The molecule has 2 heterocycles. The molecule has 4 rings (SSSR count). The highest BCUT2D eigenvalue weighted by molar-refractivity contribution is 7.99. The predicted molar refractivity (Wildman–Crippen MR) is 140 cm³/mol. The van der Waals surface area contributed by atoms with E-state index in [0.717, 1.165) is 17.8 Å². The van der Waals surface area contributed by atoms with Gasteiger partial charge in [0.25, 0.3) is 0 Å². The Balaban J connectivity index is 1.39. The molecular formula is C28H30F4N2O4S. The summed E-state index contributed by atoms with van der Waals surface area (Å²) in [6.07, 6.45) is 1.28. The molecule has 1 saturated heterocycles. The molecule has 6 nitrogen and oxygen atoms in total. The van der Waals surface area contributed by atoms with Gasteiger partial charge in [-0.1, -0.05) is 0 Å². The summed E-state index contributed by atoms with van der Waals surface area (Å²) in [5, 5.41) is 21.8. The second kappa shape index (κ2) is 12.5. The van der Waals surface area contributed by atoms with Crippen LogP contribution in [0.15, 0.2) is 41.4 Å². The van der Waals surface area contributed by atoms with E-state index in [0.29, 0.717) is 66.5 Å². The van der Waals surface area contributed by atoms with E-state index >= 15 is 0 Å². The number of aromatic nitrogens is 1. The average molecular weight is 567 g/mol. The molecule has 2 aromatic carbocycles. The monoisotopic (exact) mass is 566 g/mol. The first-order chi connectivity index (χ1) is 18.7. The summed E-state index contributed by atoms with van der Waals surface area (Å²) in [7, 11) is 1.50. The van der Waals surface area contributed by atoms with Crippen LogP contribution < -0.4 is 4.74 Å². The second-order valence-corrected chi connectivity index (χ2v) is 10.9. The first-order valence-electron chi connectivity index (χ1n) is 12.6. The van der Waals surface area contributed by atoms with E-state index < -0.39 is 41.6 Å². The Hall–Kier alpha value is -2.89. The van der Waals surface area contributed by atoms with Gasteiger partial charge in [0.1, 0.15) is 18.2 Å². The number of carboxylic acids is 1. The highest BCUT2D eigenvalue weighted by atomic mass is 32.2. The van der Waals surface area contributed by atoms with E-state index in [1.165, 1.54) is 13.3 Å². The number of fused-ring (bicyclic) bond motifs is 1. The van der Waals surface area contributed by atoms with Gasteiger partial charge in [0, 0.05) is 40.4 Å². The van der Waals surface area contributed by atoms with Crippen molar-refractivity contribution in [1.29, 1.82) is 0 Å². The van der Waals surface area contributed by atoms with Crippen molar-refractivity contribution in [2.45, 2.75) is 43.4 Å². The Bertz CT molecular complexity index is 1330. The van der Waals surface area contributed by atoms with Crippen molar-refractivity contribution in [3.63, 3.8) is 0 Å².